The number of rotatable bonds is 5. The summed E-state index contributed by atoms with van der Waals surface area (Å²) in [5.41, 5.74) is -4.42. The molecule has 0 saturated carbocycles. The molecule has 1 fully saturated rings. The fraction of sp³-hybridized carbons (Fsp3) is 0.692. The van der Waals surface area contributed by atoms with Gasteiger partial charge in [-0.15, -0.1) is 0 Å². The van der Waals surface area contributed by atoms with Crippen molar-refractivity contribution in [3.63, 3.8) is 0 Å². The van der Waals surface area contributed by atoms with Gasteiger partial charge in [0.2, 0.25) is 11.5 Å². The number of aromatic nitrogens is 2. The van der Waals surface area contributed by atoms with Gasteiger partial charge in [0.15, 0.2) is 0 Å². The molecule has 2 rings (SSSR count). The SMILES string of the molecule is CCOc1ncc([C@]2(F)CN(C)O[C@]2(F)C(F)(F)F)c(OCC)n1. The summed E-state index contributed by atoms with van der Waals surface area (Å²) < 4.78 is 79.3. The van der Waals surface area contributed by atoms with Crippen LogP contribution in [0.3, 0.4) is 0 Å². The summed E-state index contributed by atoms with van der Waals surface area (Å²) >= 11 is 0. The molecule has 2 heterocycles. The van der Waals surface area contributed by atoms with Crippen LogP contribution in [0.2, 0.25) is 0 Å². The van der Waals surface area contributed by atoms with Gasteiger partial charge in [0.05, 0.1) is 25.3 Å². The number of alkyl halides is 5. The van der Waals surface area contributed by atoms with Gasteiger partial charge >= 0.3 is 18.0 Å². The summed E-state index contributed by atoms with van der Waals surface area (Å²) in [6.07, 6.45) is -4.92. The average Bonchev–Trinajstić information content (AvgIpc) is 2.70. The van der Waals surface area contributed by atoms with E-state index in [1.165, 1.54) is 6.92 Å². The third-order valence-electron chi connectivity index (χ3n) is 3.31. The minimum atomic E-state index is -5.63. The van der Waals surface area contributed by atoms with Crippen molar-refractivity contribution in [3.8, 4) is 11.9 Å². The smallest absolute Gasteiger partial charge is 0.453 e. The first-order chi connectivity index (χ1) is 11.1. The van der Waals surface area contributed by atoms with Crippen LogP contribution in [0, 0.1) is 0 Å². The van der Waals surface area contributed by atoms with Crippen molar-refractivity contribution in [1.82, 2.24) is 15.0 Å². The second-order valence-corrected chi connectivity index (χ2v) is 5.01. The molecule has 1 saturated heterocycles. The third-order valence-corrected chi connectivity index (χ3v) is 3.31. The zero-order valence-electron chi connectivity index (χ0n) is 13.2. The Morgan fingerprint density at radius 1 is 1.25 bits per heavy atom. The minimum absolute atomic E-state index is 0.0341. The van der Waals surface area contributed by atoms with E-state index in [0.717, 1.165) is 7.05 Å². The Bertz CT molecular complexity index is 603. The van der Waals surface area contributed by atoms with Crippen molar-refractivity contribution in [3.05, 3.63) is 11.8 Å². The molecule has 0 radical (unpaired) electrons. The van der Waals surface area contributed by atoms with Crippen molar-refractivity contribution in [1.29, 1.82) is 0 Å². The summed E-state index contributed by atoms with van der Waals surface area (Å²) in [4.78, 5) is 11.4. The Balaban J connectivity index is 2.59. The van der Waals surface area contributed by atoms with Crippen molar-refractivity contribution >= 4 is 0 Å². The Morgan fingerprint density at radius 3 is 2.42 bits per heavy atom. The van der Waals surface area contributed by atoms with E-state index in [1.807, 2.05) is 0 Å². The zero-order chi connectivity index (χ0) is 18.2. The van der Waals surface area contributed by atoms with Gasteiger partial charge in [-0.2, -0.15) is 27.6 Å². The van der Waals surface area contributed by atoms with E-state index in [2.05, 4.69) is 14.8 Å². The Hall–Kier alpha value is -1.75. The molecular formula is C13H16F5N3O3. The zero-order valence-corrected chi connectivity index (χ0v) is 13.2. The van der Waals surface area contributed by atoms with Crippen molar-refractivity contribution in [2.45, 2.75) is 31.5 Å². The molecule has 0 aromatic carbocycles. The van der Waals surface area contributed by atoms with Crippen LogP contribution in [0.25, 0.3) is 0 Å². The number of halogens is 5. The van der Waals surface area contributed by atoms with Gasteiger partial charge < -0.3 is 9.47 Å². The molecule has 1 aliphatic heterocycles. The maximum absolute atomic E-state index is 15.3. The normalized spacial score (nSPS) is 28.2. The highest BCUT2D eigenvalue weighted by Gasteiger charge is 2.77. The predicted octanol–water partition coefficient (Wildman–Crippen LogP) is 2.54. The molecular weight excluding hydrogens is 341 g/mol. The van der Waals surface area contributed by atoms with E-state index in [0.29, 0.717) is 11.3 Å². The largest absolute Gasteiger partial charge is 0.478 e. The van der Waals surface area contributed by atoms with Gasteiger partial charge in [0.1, 0.15) is 0 Å². The van der Waals surface area contributed by atoms with Gasteiger partial charge in [-0.05, 0) is 13.8 Å². The molecule has 6 nitrogen and oxygen atoms in total. The van der Waals surface area contributed by atoms with Crippen LogP contribution in [-0.4, -0.2) is 53.9 Å². The molecule has 1 aromatic heterocycles. The second kappa shape index (κ2) is 6.28. The second-order valence-electron chi connectivity index (χ2n) is 5.01. The van der Waals surface area contributed by atoms with Crippen LogP contribution >= 0.6 is 0 Å². The van der Waals surface area contributed by atoms with E-state index in [9.17, 15) is 17.6 Å². The highest BCUT2D eigenvalue weighted by Crippen LogP contribution is 2.56. The molecule has 0 aliphatic carbocycles. The molecule has 11 heteroatoms. The maximum Gasteiger partial charge on any atom is 0.453 e. The van der Waals surface area contributed by atoms with Crippen molar-refractivity contribution < 1.29 is 36.3 Å². The van der Waals surface area contributed by atoms with E-state index >= 15 is 4.39 Å². The van der Waals surface area contributed by atoms with Gasteiger partial charge in [-0.3, -0.25) is 0 Å². The lowest BCUT2D eigenvalue weighted by Gasteiger charge is -2.32. The predicted molar refractivity (Wildman–Crippen MR) is 70.8 cm³/mol. The topological polar surface area (TPSA) is 56.7 Å². The number of likely N-dealkylation sites (N-methyl/N-ethyl adjacent to an activating group) is 1. The van der Waals surface area contributed by atoms with E-state index in [-0.39, 0.29) is 19.2 Å². The number of hydrogen-bond acceptors (Lipinski definition) is 6. The highest BCUT2D eigenvalue weighted by molar-refractivity contribution is 5.35. The monoisotopic (exact) mass is 357 g/mol. The summed E-state index contributed by atoms with van der Waals surface area (Å²) in [6, 6.07) is -0.225. The number of hydrogen-bond donors (Lipinski definition) is 0. The van der Waals surface area contributed by atoms with Gasteiger partial charge in [0, 0.05) is 13.2 Å². The molecule has 0 bridgehead atoms. The summed E-state index contributed by atoms with van der Waals surface area (Å²) in [6.45, 7) is 2.26. The maximum atomic E-state index is 15.3. The van der Waals surface area contributed by atoms with Crippen LogP contribution in [0.1, 0.15) is 19.4 Å². The lowest BCUT2D eigenvalue weighted by molar-refractivity contribution is -0.387. The minimum Gasteiger partial charge on any atom is -0.478 e. The fourth-order valence-electron chi connectivity index (χ4n) is 2.33. The van der Waals surface area contributed by atoms with Crippen molar-refractivity contribution in [2.24, 2.45) is 0 Å². The number of ether oxygens (including phenoxy) is 2. The molecule has 1 aliphatic rings. The van der Waals surface area contributed by atoms with Crippen molar-refractivity contribution in [2.75, 3.05) is 26.8 Å². The van der Waals surface area contributed by atoms with Crippen LogP contribution < -0.4 is 9.47 Å². The lowest BCUT2D eigenvalue weighted by atomic mass is 9.89. The fourth-order valence-corrected chi connectivity index (χ4v) is 2.33. The van der Waals surface area contributed by atoms with Crippen LogP contribution in [0.15, 0.2) is 6.20 Å². The molecule has 0 spiro atoms. The first-order valence-corrected chi connectivity index (χ1v) is 7.07. The molecule has 24 heavy (non-hydrogen) atoms. The van der Waals surface area contributed by atoms with Gasteiger partial charge in [0.25, 0.3) is 0 Å². The first kappa shape index (κ1) is 18.6. The van der Waals surface area contributed by atoms with Crippen LogP contribution in [0.4, 0.5) is 22.0 Å². The molecule has 136 valence electrons. The van der Waals surface area contributed by atoms with Gasteiger partial charge in [-0.1, -0.05) is 0 Å². The number of hydroxylamine groups is 2. The van der Waals surface area contributed by atoms with E-state index in [4.69, 9.17) is 9.47 Å². The Labute approximate surface area is 134 Å². The standard InChI is InChI=1S/C13H16F5N3O3/c1-4-22-9-8(6-19-10(20-9)23-5-2)11(14)7-21(3)24-12(11,15)13(16,17)18/h6H,4-5,7H2,1-3H3/t11-,12+/m1/s1. The number of nitrogens with zero attached hydrogens (tertiary/aromatic N) is 3. The highest BCUT2D eigenvalue weighted by atomic mass is 19.4. The summed E-state index contributed by atoms with van der Waals surface area (Å²) in [5, 5.41) is 0.430. The van der Waals surface area contributed by atoms with Crippen LogP contribution in [0.5, 0.6) is 11.9 Å². The average molecular weight is 357 g/mol. The summed E-state index contributed by atoms with van der Waals surface area (Å²) in [7, 11) is 0.983. The van der Waals surface area contributed by atoms with Gasteiger partial charge in [-0.25, -0.2) is 14.2 Å². The lowest BCUT2D eigenvalue weighted by Crippen LogP contribution is -2.54. The third kappa shape index (κ3) is 2.86. The molecule has 1 aromatic rings. The molecule has 0 amide bonds. The quantitative estimate of drug-likeness (QED) is 0.755. The first-order valence-electron chi connectivity index (χ1n) is 7.07. The molecule has 0 N–H and O–H groups in total. The van der Waals surface area contributed by atoms with Crippen LogP contribution in [-0.2, 0) is 10.5 Å². The molecule has 2 atom stereocenters. The Kier molecular flexibility index (Phi) is 4.86. The summed E-state index contributed by atoms with van der Waals surface area (Å²) in [5.74, 6) is -5.14. The molecule has 0 unspecified atom stereocenters. The Morgan fingerprint density at radius 2 is 1.88 bits per heavy atom. The van der Waals surface area contributed by atoms with E-state index in [1.54, 1.807) is 6.92 Å². The van der Waals surface area contributed by atoms with E-state index < -0.39 is 35.7 Å².